The van der Waals surface area contributed by atoms with E-state index in [1.165, 1.54) is 11.4 Å². The third-order valence-corrected chi connectivity index (χ3v) is 5.34. The smallest absolute Gasteiger partial charge is 0.399 e. The lowest BCUT2D eigenvalue weighted by Gasteiger charge is -2.32. The maximum Gasteiger partial charge on any atom is 0.496 e. The SMILES string of the molecule is CCc1nc(-n2c(C)ccc2C)ccc1B1OC(C)(C)C(C)(C)O1. The molecule has 0 amide bonds. The summed E-state index contributed by atoms with van der Waals surface area (Å²) in [5, 5.41) is 0. The Labute approximate surface area is 145 Å². The van der Waals surface area contributed by atoms with Gasteiger partial charge < -0.3 is 13.9 Å². The van der Waals surface area contributed by atoms with Crippen molar-refractivity contribution in [2.24, 2.45) is 0 Å². The van der Waals surface area contributed by atoms with E-state index < -0.39 is 0 Å². The van der Waals surface area contributed by atoms with Crippen LogP contribution in [0.15, 0.2) is 24.3 Å². The summed E-state index contributed by atoms with van der Waals surface area (Å²) in [6, 6.07) is 8.39. The maximum atomic E-state index is 6.20. The van der Waals surface area contributed by atoms with Crippen molar-refractivity contribution in [3.05, 3.63) is 41.3 Å². The lowest BCUT2D eigenvalue weighted by molar-refractivity contribution is 0.00578. The van der Waals surface area contributed by atoms with Crippen molar-refractivity contribution in [1.82, 2.24) is 9.55 Å². The van der Waals surface area contributed by atoms with Gasteiger partial charge in [0.1, 0.15) is 5.82 Å². The van der Waals surface area contributed by atoms with Crippen molar-refractivity contribution in [1.29, 1.82) is 0 Å². The summed E-state index contributed by atoms with van der Waals surface area (Å²) in [6.45, 7) is 14.6. The van der Waals surface area contributed by atoms with Crippen molar-refractivity contribution < 1.29 is 9.31 Å². The Bertz CT molecular complexity index is 729. The summed E-state index contributed by atoms with van der Waals surface area (Å²) in [7, 11) is -0.363. The molecule has 4 nitrogen and oxygen atoms in total. The second-order valence-corrected chi connectivity index (χ2v) is 7.60. The highest BCUT2D eigenvalue weighted by Crippen LogP contribution is 2.36. The molecule has 2 aromatic rings. The van der Waals surface area contributed by atoms with Crippen LogP contribution >= 0.6 is 0 Å². The van der Waals surface area contributed by atoms with Crippen molar-refractivity contribution in [3.63, 3.8) is 0 Å². The van der Waals surface area contributed by atoms with Crippen LogP contribution in [-0.4, -0.2) is 27.9 Å². The minimum Gasteiger partial charge on any atom is -0.399 e. The van der Waals surface area contributed by atoms with E-state index in [0.29, 0.717) is 0 Å². The summed E-state index contributed by atoms with van der Waals surface area (Å²) in [6.07, 6.45) is 0.840. The molecule has 1 saturated heterocycles. The molecular formula is C19H27BN2O2. The Balaban J connectivity index is 2.00. The average molecular weight is 326 g/mol. The highest BCUT2D eigenvalue weighted by molar-refractivity contribution is 6.62. The molecule has 1 aliphatic rings. The average Bonchev–Trinajstić information content (AvgIpc) is 2.94. The largest absolute Gasteiger partial charge is 0.496 e. The first kappa shape index (κ1) is 17.2. The summed E-state index contributed by atoms with van der Waals surface area (Å²) in [4.78, 5) is 4.90. The van der Waals surface area contributed by atoms with Gasteiger partial charge in [-0.3, -0.25) is 0 Å². The number of aromatic nitrogens is 2. The van der Waals surface area contributed by atoms with Gasteiger partial charge in [0.05, 0.1) is 11.2 Å². The first-order valence-corrected chi connectivity index (χ1v) is 8.67. The van der Waals surface area contributed by atoms with Gasteiger partial charge in [-0.1, -0.05) is 13.0 Å². The summed E-state index contributed by atoms with van der Waals surface area (Å²) in [5.74, 6) is 0.951. The minimum atomic E-state index is -0.363. The molecule has 0 bridgehead atoms. The fraction of sp³-hybridized carbons (Fsp3) is 0.526. The third kappa shape index (κ3) is 2.70. The minimum absolute atomic E-state index is 0.338. The molecule has 1 fully saturated rings. The van der Waals surface area contributed by atoms with Crippen LogP contribution in [0, 0.1) is 13.8 Å². The molecule has 0 saturated carbocycles. The van der Waals surface area contributed by atoms with Gasteiger partial charge in [-0.25, -0.2) is 4.98 Å². The highest BCUT2D eigenvalue weighted by atomic mass is 16.7. The van der Waals surface area contributed by atoms with Gasteiger partial charge in [0.15, 0.2) is 0 Å². The van der Waals surface area contributed by atoms with Gasteiger partial charge in [-0.05, 0) is 66.2 Å². The Morgan fingerprint density at radius 1 is 0.958 bits per heavy atom. The van der Waals surface area contributed by atoms with E-state index in [1.54, 1.807) is 0 Å². The molecule has 0 spiro atoms. The van der Waals surface area contributed by atoms with Crippen LogP contribution < -0.4 is 5.46 Å². The summed E-state index contributed by atoms with van der Waals surface area (Å²) < 4.78 is 14.6. The van der Waals surface area contributed by atoms with Gasteiger partial charge in [0, 0.05) is 22.5 Å². The molecule has 2 aromatic heterocycles. The Morgan fingerprint density at radius 2 is 1.50 bits per heavy atom. The van der Waals surface area contributed by atoms with Crippen molar-refractivity contribution in [3.8, 4) is 5.82 Å². The molecule has 3 heterocycles. The van der Waals surface area contributed by atoms with Crippen LogP contribution in [0.4, 0.5) is 0 Å². The predicted molar refractivity (Wildman–Crippen MR) is 98.1 cm³/mol. The van der Waals surface area contributed by atoms with Gasteiger partial charge >= 0.3 is 7.12 Å². The van der Waals surface area contributed by atoms with Gasteiger partial charge in [0.25, 0.3) is 0 Å². The number of hydrogen-bond donors (Lipinski definition) is 0. The van der Waals surface area contributed by atoms with Crippen LogP contribution in [0.2, 0.25) is 0 Å². The van der Waals surface area contributed by atoms with Crippen LogP contribution in [0.5, 0.6) is 0 Å². The molecular weight excluding hydrogens is 299 g/mol. The topological polar surface area (TPSA) is 36.3 Å². The monoisotopic (exact) mass is 326 g/mol. The zero-order chi connectivity index (χ0) is 17.7. The van der Waals surface area contributed by atoms with E-state index in [1.807, 2.05) is 0 Å². The number of pyridine rings is 1. The van der Waals surface area contributed by atoms with E-state index in [-0.39, 0.29) is 18.3 Å². The van der Waals surface area contributed by atoms with Gasteiger partial charge in [0.2, 0.25) is 0 Å². The van der Waals surface area contributed by atoms with Crippen LogP contribution in [-0.2, 0) is 15.7 Å². The molecule has 5 heteroatoms. The quantitative estimate of drug-likeness (QED) is 0.812. The molecule has 0 unspecified atom stereocenters. The van der Waals surface area contributed by atoms with E-state index >= 15 is 0 Å². The van der Waals surface area contributed by atoms with Crippen LogP contribution in [0.3, 0.4) is 0 Å². The number of rotatable bonds is 3. The fourth-order valence-electron chi connectivity index (χ4n) is 3.12. The highest BCUT2D eigenvalue weighted by Gasteiger charge is 2.52. The Morgan fingerprint density at radius 3 is 2.00 bits per heavy atom. The molecule has 0 radical (unpaired) electrons. The predicted octanol–water partition coefficient (Wildman–Crippen LogP) is 3.35. The molecule has 128 valence electrons. The van der Waals surface area contributed by atoms with Crippen molar-refractivity contribution in [2.45, 2.75) is 66.1 Å². The lowest BCUT2D eigenvalue weighted by Crippen LogP contribution is -2.41. The zero-order valence-corrected chi connectivity index (χ0v) is 15.8. The normalized spacial score (nSPS) is 19.0. The van der Waals surface area contributed by atoms with Crippen molar-refractivity contribution >= 4 is 12.6 Å². The lowest BCUT2D eigenvalue weighted by atomic mass is 9.77. The van der Waals surface area contributed by atoms with Gasteiger partial charge in [-0.15, -0.1) is 0 Å². The standard InChI is InChI=1S/C19H27BN2O2/c1-8-16-15(20-23-18(4,5)19(6,7)24-20)11-12-17(21-16)22-13(2)9-10-14(22)3/h9-12H,8H2,1-7H3. The van der Waals surface area contributed by atoms with E-state index in [9.17, 15) is 0 Å². The Hall–Kier alpha value is -1.59. The summed E-state index contributed by atoms with van der Waals surface area (Å²) >= 11 is 0. The maximum absolute atomic E-state index is 6.20. The molecule has 0 N–H and O–H groups in total. The Kier molecular flexibility index (Phi) is 4.13. The molecule has 3 rings (SSSR count). The number of hydrogen-bond acceptors (Lipinski definition) is 3. The molecule has 0 aliphatic carbocycles. The van der Waals surface area contributed by atoms with E-state index in [4.69, 9.17) is 14.3 Å². The van der Waals surface area contributed by atoms with Crippen LogP contribution in [0.25, 0.3) is 5.82 Å². The molecule has 1 aliphatic heterocycles. The summed E-state index contributed by atoms with van der Waals surface area (Å²) in [5.41, 5.74) is 3.75. The number of aryl methyl sites for hydroxylation is 3. The molecule has 0 atom stereocenters. The first-order valence-electron chi connectivity index (χ1n) is 8.67. The van der Waals surface area contributed by atoms with Crippen LogP contribution in [0.1, 0.15) is 51.7 Å². The van der Waals surface area contributed by atoms with Crippen molar-refractivity contribution in [2.75, 3.05) is 0 Å². The van der Waals surface area contributed by atoms with Gasteiger partial charge in [-0.2, -0.15) is 0 Å². The second-order valence-electron chi connectivity index (χ2n) is 7.60. The molecule has 24 heavy (non-hydrogen) atoms. The third-order valence-electron chi connectivity index (χ3n) is 5.34. The van der Waals surface area contributed by atoms with E-state index in [0.717, 1.165) is 23.4 Å². The fourth-order valence-corrected chi connectivity index (χ4v) is 3.12. The first-order chi connectivity index (χ1) is 11.2. The molecule has 0 aromatic carbocycles. The zero-order valence-electron chi connectivity index (χ0n) is 15.8. The number of nitrogens with zero attached hydrogens (tertiary/aromatic N) is 2. The second kappa shape index (κ2) is 5.75. The van der Waals surface area contributed by atoms with E-state index in [2.05, 4.69) is 77.3 Å².